The molecular weight excluding hydrogens is 262 g/mol. The predicted molar refractivity (Wildman–Crippen MR) is 60.9 cm³/mol. The lowest BCUT2D eigenvalue weighted by Gasteiger charge is -2.02. The molecule has 15 heavy (non-hydrogen) atoms. The van der Waals surface area contributed by atoms with E-state index in [1.165, 1.54) is 12.3 Å². The van der Waals surface area contributed by atoms with Crippen molar-refractivity contribution in [3.05, 3.63) is 29.8 Å². The zero-order valence-corrected chi connectivity index (χ0v) is 9.39. The standard InChI is InChI=1S/C10H10BrNO3/c11-5-8(10(14)15)12-6-7-3-1-2-4-9(7)13/h1-4,6,8,13H,5H2,(H,14,15). The van der Waals surface area contributed by atoms with Crippen molar-refractivity contribution in [2.24, 2.45) is 4.99 Å². The van der Waals surface area contributed by atoms with Crippen molar-refractivity contribution in [3.63, 3.8) is 0 Å². The molecule has 0 fully saturated rings. The Bertz CT molecular complexity index is 379. The van der Waals surface area contributed by atoms with E-state index in [0.717, 1.165) is 0 Å². The molecule has 5 heteroatoms. The largest absolute Gasteiger partial charge is 0.507 e. The summed E-state index contributed by atoms with van der Waals surface area (Å²) in [7, 11) is 0. The Hall–Kier alpha value is -1.36. The molecule has 0 amide bonds. The lowest BCUT2D eigenvalue weighted by atomic mass is 10.2. The molecule has 4 nitrogen and oxygen atoms in total. The number of para-hydroxylation sites is 1. The number of aromatic hydroxyl groups is 1. The fraction of sp³-hybridized carbons (Fsp3) is 0.200. The maximum atomic E-state index is 10.6. The first kappa shape index (κ1) is 11.7. The monoisotopic (exact) mass is 271 g/mol. The van der Waals surface area contributed by atoms with Gasteiger partial charge >= 0.3 is 5.97 Å². The number of nitrogens with zero attached hydrogens (tertiary/aromatic N) is 1. The number of aliphatic carboxylic acids is 1. The van der Waals surface area contributed by atoms with Crippen LogP contribution in [0.3, 0.4) is 0 Å². The number of halogens is 1. The van der Waals surface area contributed by atoms with E-state index in [4.69, 9.17) is 5.11 Å². The van der Waals surface area contributed by atoms with E-state index in [1.54, 1.807) is 18.2 Å². The van der Waals surface area contributed by atoms with Crippen molar-refractivity contribution in [1.29, 1.82) is 0 Å². The van der Waals surface area contributed by atoms with Crippen LogP contribution in [0.5, 0.6) is 5.75 Å². The predicted octanol–water partition coefficient (Wildman–Crippen LogP) is 1.66. The maximum absolute atomic E-state index is 10.6. The van der Waals surface area contributed by atoms with Crippen molar-refractivity contribution >= 4 is 28.1 Å². The molecule has 1 atom stereocenters. The molecule has 1 unspecified atom stereocenters. The summed E-state index contributed by atoms with van der Waals surface area (Å²) in [6.45, 7) is 0. The fourth-order valence-corrected chi connectivity index (χ4v) is 1.38. The smallest absolute Gasteiger partial charge is 0.329 e. The topological polar surface area (TPSA) is 69.9 Å². The summed E-state index contributed by atoms with van der Waals surface area (Å²) in [5, 5.41) is 18.3. The molecule has 0 bridgehead atoms. The second-order valence-electron chi connectivity index (χ2n) is 2.85. The van der Waals surface area contributed by atoms with Crippen molar-refractivity contribution in [3.8, 4) is 5.75 Å². The summed E-state index contributed by atoms with van der Waals surface area (Å²) in [6, 6.07) is 5.78. The summed E-state index contributed by atoms with van der Waals surface area (Å²) in [5.74, 6) is -0.918. The van der Waals surface area contributed by atoms with Crippen LogP contribution in [-0.2, 0) is 4.79 Å². The van der Waals surface area contributed by atoms with E-state index < -0.39 is 12.0 Å². The van der Waals surface area contributed by atoms with Crippen LogP contribution in [0.1, 0.15) is 5.56 Å². The summed E-state index contributed by atoms with van der Waals surface area (Å²) < 4.78 is 0. The lowest BCUT2D eigenvalue weighted by molar-refractivity contribution is -0.137. The zero-order chi connectivity index (χ0) is 11.3. The van der Waals surface area contributed by atoms with E-state index in [9.17, 15) is 9.90 Å². The molecule has 0 radical (unpaired) electrons. The van der Waals surface area contributed by atoms with Gasteiger partial charge in [0, 0.05) is 17.1 Å². The van der Waals surface area contributed by atoms with Gasteiger partial charge in [-0.2, -0.15) is 0 Å². The van der Waals surface area contributed by atoms with E-state index >= 15 is 0 Å². The van der Waals surface area contributed by atoms with Crippen LogP contribution < -0.4 is 0 Å². The second kappa shape index (κ2) is 5.50. The highest BCUT2D eigenvalue weighted by Crippen LogP contribution is 2.13. The third kappa shape index (κ3) is 3.36. The summed E-state index contributed by atoms with van der Waals surface area (Å²) in [4.78, 5) is 14.5. The van der Waals surface area contributed by atoms with E-state index in [0.29, 0.717) is 5.56 Å². The zero-order valence-electron chi connectivity index (χ0n) is 7.80. The average molecular weight is 272 g/mol. The van der Waals surface area contributed by atoms with Crippen molar-refractivity contribution in [1.82, 2.24) is 0 Å². The Morgan fingerprint density at radius 1 is 1.53 bits per heavy atom. The Morgan fingerprint density at radius 2 is 2.20 bits per heavy atom. The Morgan fingerprint density at radius 3 is 2.73 bits per heavy atom. The molecule has 1 aromatic carbocycles. The van der Waals surface area contributed by atoms with E-state index in [1.807, 2.05) is 0 Å². The van der Waals surface area contributed by atoms with Gasteiger partial charge in [-0.05, 0) is 12.1 Å². The fourth-order valence-electron chi connectivity index (χ4n) is 0.937. The maximum Gasteiger partial charge on any atom is 0.329 e. The highest BCUT2D eigenvalue weighted by atomic mass is 79.9. The highest BCUT2D eigenvalue weighted by Gasteiger charge is 2.12. The minimum absolute atomic E-state index is 0.0833. The van der Waals surface area contributed by atoms with Crippen LogP contribution in [-0.4, -0.2) is 33.8 Å². The molecule has 1 aromatic rings. The van der Waals surface area contributed by atoms with Gasteiger partial charge in [-0.3, -0.25) is 4.99 Å². The molecule has 0 spiro atoms. The number of aliphatic imine (C=N–C) groups is 1. The van der Waals surface area contributed by atoms with Crippen molar-refractivity contribution < 1.29 is 15.0 Å². The molecule has 0 heterocycles. The van der Waals surface area contributed by atoms with Crippen molar-refractivity contribution in [2.45, 2.75) is 6.04 Å². The molecule has 0 aromatic heterocycles. The minimum atomic E-state index is -1.00. The van der Waals surface area contributed by atoms with Gasteiger partial charge in [0.15, 0.2) is 6.04 Å². The second-order valence-corrected chi connectivity index (χ2v) is 3.49. The lowest BCUT2D eigenvalue weighted by Crippen LogP contribution is -2.19. The third-order valence-electron chi connectivity index (χ3n) is 1.76. The summed E-state index contributed by atoms with van der Waals surface area (Å²) in [6.07, 6.45) is 1.36. The van der Waals surface area contributed by atoms with Crippen LogP contribution in [0.25, 0.3) is 0 Å². The number of carbonyl (C=O) groups is 1. The Labute approximate surface area is 95.4 Å². The van der Waals surface area contributed by atoms with Crippen LogP contribution >= 0.6 is 15.9 Å². The van der Waals surface area contributed by atoms with Gasteiger partial charge in [0.25, 0.3) is 0 Å². The van der Waals surface area contributed by atoms with Gasteiger partial charge in [-0.25, -0.2) is 4.79 Å². The van der Waals surface area contributed by atoms with Gasteiger partial charge < -0.3 is 10.2 Å². The number of phenols is 1. The Balaban J connectivity index is 2.81. The summed E-state index contributed by atoms with van der Waals surface area (Å²) >= 11 is 3.05. The first-order valence-corrected chi connectivity index (χ1v) is 5.37. The van der Waals surface area contributed by atoms with Gasteiger partial charge in [-0.15, -0.1) is 0 Å². The minimum Gasteiger partial charge on any atom is -0.507 e. The van der Waals surface area contributed by atoms with Gasteiger partial charge in [0.1, 0.15) is 5.75 Å². The number of hydrogen-bond acceptors (Lipinski definition) is 3. The number of carboxylic acid groups (broad SMARTS) is 1. The molecule has 2 N–H and O–H groups in total. The highest BCUT2D eigenvalue weighted by molar-refractivity contribution is 9.09. The molecule has 0 saturated carbocycles. The molecular formula is C10H10BrNO3. The number of carboxylic acids is 1. The van der Waals surface area contributed by atoms with Gasteiger partial charge in [0.05, 0.1) is 0 Å². The summed E-state index contributed by atoms with van der Waals surface area (Å²) in [5.41, 5.74) is 0.504. The molecule has 80 valence electrons. The molecule has 1 rings (SSSR count). The number of rotatable bonds is 4. The molecule has 0 aliphatic heterocycles. The van der Waals surface area contributed by atoms with Gasteiger partial charge in [-0.1, -0.05) is 28.1 Å². The Kier molecular flexibility index (Phi) is 4.30. The van der Waals surface area contributed by atoms with E-state index in [-0.39, 0.29) is 11.1 Å². The number of hydrogen-bond donors (Lipinski definition) is 2. The first-order chi connectivity index (χ1) is 7.15. The SMILES string of the molecule is O=C(O)C(CBr)N=Cc1ccccc1O. The van der Waals surface area contributed by atoms with Crippen LogP contribution in [0.15, 0.2) is 29.3 Å². The van der Waals surface area contributed by atoms with Crippen LogP contribution in [0.4, 0.5) is 0 Å². The first-order valence-electron chi connectivity index (χ1n) is 4.25. The van der Waals surface area contributed by atoms with Gasteiger partial charge in [0.2, 0.25) is 0 Å². The third-order valence-corrected chi connectivity index (χ3v) is 2.37. The molecule has 0 aliphatic carbocycles. The van der Waals surface area contributed by atoms with Crippen molar-refractivity contribution in [2.75, 3.05) is 5.33 Å². The average Bonchev–Trinajstić information content (AvgIpc) is 2.21. The quantitative estimate of drug-likeness (QED) is 0.647. The number of phenolic OH excluding ortho intramolecular Hbond substituents is 1. The van der Waals surface area contributed by atoms with Crippen LogP contribution in [0, 0.1) is 0 Å². The molecule has 0 saturated heterocycles. The number of benzene rings is 1. The normalized spacial score (nSPS) is 12.9. The van der Waals surface area contributed by atoms with E-state index in [2.05, 4.69) is 20.9 Å². The van der Waals surface area contributed by atoms with Crippen LogP contribution in [0.2, 0.25) is 0 Å². The molecule has 0 aliphatic rings. The number of alkyl halides is 1.